The minimum atomic E-state index is -0.186. The van der Waals surface area contributed by atoms with Crippen LogP contribution in [0.3, 0.4) is 0 Å². The maximum atomic E-state index is 12.1. The number of halogens is 1. The summed E-state index contributed by atoms with van der Waals surface area (Å²) in [5.74, 6) is 0.315. The number of carbonyl (C=O) groups excluding carboxylic acids is 1. The molecule has 118 valence electrons. The molecule has 0 saturated carbocycles. The van der Waals surface area contributed by atoms with Crippen molar-refractivity contribution in [1.29, 1.82) is 0 Å². The average Bonchev–Trinajstić information content (AvgIpc) is 2.95. The van der Waals surface area contributed by atoms with Crippen LogP contribution < -0.4 is 11.1 Å². The number of benzene rings is 1. The molecule has 2 rings (SSSR count). The molecule has 0 aliphatic heterocycles. The Kier molecular flexibility index (Phi) is 5.94. The standard InChI is InChI=1S/C16H20ClN3OS/c1-10(2)7-13(18)16-20-14(9-22-16)15(21)19-8-11-3-5-12(17)6-4-11/h3-6,9-10,13H,7-8,18H2,1-2H3,(H,19,21). The third kappa shape index (κ3) is 4.80. The van der Waals surface area contributed by atoms with Gasteiger partial charge in [-0.05, 0) is 30.0 Å². The van der Waals surface area contributed by atoms with E-state index in [1.54, 1.807) is 17.5 Å². The highest BCUT2D eigenvalue weighted by atomic mass is 35.5. The van der Waals surface area contributed by atoms with E-state index >= 15 is 0 Å². The lowest BCUT2D eigenvalue weighted by Crippen LogP contribution is -2.23. The molecule has 3 N–H and O–H groups in total. The van der Waals surface area contributed by atoms with E-state index < -0.39 is 0 Å². The molecule has 1 atom stereocenters. The number of nitrogens with one attached hydrogen (secondary N) is 1. The fourth-order valence-corrected chi connectivity index (χ4v) is 2.99. The lowest BCUT2D eigenvalue weighted by Gasteiger charge is -2.10. The molecular weight excluding hydrogens is 318 g/mol. The van der Waals surface area contributed by atoms with Crippen LogP contribution in [0.2, 0.25) is 5.02 Å². The second-order valence-electron chi connectivity index (χ2n) is 5.62. The molecule has 0 aliphatic carbocycles. The van der Waals surface area contributed by atoms with E-state index in [1.165, 1.54) is 11.3 Å². The van der Waals surface area contributed by atoms with Crippen molar-refractivity contribution in [1.82, 2.24) is 10.3 Å². The maximum absolute atomic E-state index is 12.1. The highest BCUT2D eigenvalue weighted by Crippen LogP contribution is 2.22. The van der Waals surface area contributed by atoms with Gasteiger partial charge >= 0.3 is 0 Å². The molecule has 0 fully saturated rings. The third-order valence-electron chi connectivity index (χ3n) is 3.16. The van der Waals surface area contributed by atoms with Gasteiger partial charge in [0, 0.05) is 16.9 Å². The Labute approximate surface area is 139 Å². The summed E-state index contributed by atoms with van der Waals surface area (Å²) in [7, 11) is 0. The van der Waals surface area contributed by atoms with E-state index in [-0.39, 0.29) is 11.9 Å². The molecule has 0 radical (unpaired) electrons. The van der Waals surface area contributed by atoms with Crippen molar-refractivity contribution in [3.63, 3.8) is 0 Å². The van der Waals surface area contributed by atoms with Crippen molar-refractivity contribution >= 4 is 28.8 Å². The number of aromatic nitrogens is 1. The monoisotopic (exact) mass is 337 g/mol. The molecule has 1 unspecified atom stereocenters. The number of hydrogen-bond acceptors (Lipinski definition) is 4. The molecule has 0 spiro atoms. The van der Waals surface area contributed by atoms with Gasteiger partial charge in [0.1, 0.15) is 10.7 Å². The third-order valence-corrected chi connectivity index (χ3v) is 4.39. The van der Waals surface area contributed by atoms with Crippen LogP contribution in [0.15, 0.2) is 29.6 Å². The summed E-state index contributed by atoms with van der Waals surface area (Å²) in [4.78, 5) is 16.5. The molecule has 1 amide bonds. The van der Waals surface area contributed by atoms with Crippen molar-refractivity contribution in [2.24, 2.45) is 11.7 Å². The molecule has 0 bridgehead atoms. The topological polar surface area (TPSA) is 68.0 Å². The summed E-state index contributed by atoms with van der Waals surface area (Å²) >= 11 is 7.27. The predicted molar refractivity (Wildman–Crippen MR) is 91.1 cm³/mol. The van der Waals surface area contributed by atoms with Crippen LogP contribution in [0.5, 0.6) is 0 Å². The first-order chi connectivity index (χ1) is 10.5. The minimum Gasteiger partial charge on any atom is -0.347 e. The molecule has 0 aliphatic rings. The lowest BCUT2D eigenvalue weighted by molar-refractivity contribution is 0.0946. The van der Waals surface area contributed by atoms with E-state index in [4.69, 9.17) is 17.3 Å². The van der Waals surface area contributed by atoms with Crippen molar-refractivity contribution in [2.45, 2.75) is 32.9 Å². The van der Waals surface area contributed by atoms with Crippen molar-refractivity contribution < 1.29 is 4.79 Å². The fourth-order valence-electron chi connectivity index (χ4n) is 2.05. The number of nitrogens with two attached hydrogens (primary N) is 1. The van der Waals surface area contributed by atoms with E-state index in [0.29, 0.717) is 23.2 Å². The van der Waals surface area contributed by atoms with E-state index in [9.17, 15) is 4.79 Å². The second kappa shape index (κ2) is 7.72. The Balaban J connectivity index is 1.92. The summed E-state index contributed by atoms with van der Waals surface area (Å²) in [6, 6.07) is 7.26. The van der Waals surface area contributed by atoms with Gasteiger partial charge in [0.2, 0.25) is 0 Å². The van der Waals surface area contributed by atoms with E-state index in [0.717, 1.165) is 17.0 Å². The number of thiazole rings is 1. The lowest BCUT2D eigenvalue weighted by atomic mass is 10.1. The molecule has 22 heavy (non-hydrogen) atoms. The minimum absolute atomic E-state index is 0.109. The van der Waals surface area contributed by atoms with Gasteiger partial charge in [0.15, 0.2) is 0 Å². The fraction of sp³-hybridized carbons (Fsp3) is 0.375. The number of nitrogens with zero attached hydrogens (tertiary/aromatic N) is 1. The summed E-state index contributed by atoms with van der Waals surface area (Å²) in [6.45, 7) is 4.68. The summed E-state index contributed by atoms with van der Waals surface area (Å²) < 4.78 is 0. The van der Waals surface area contributed by atoms with Gasteiger partial charge in [-0.1, -0.05) is 37.6 Å². The van der Waals surface area contributed by atoms with Gasteiger partial charge in [-0.2, -0.15) is 0 Å². The molecular formula is C16H20ClN3OS. The Morgan fingerprint density at radius 1 is 1.36 bits per heavy atom. The average molecular weight is 338 g/mol. The first-order valence-electron chi connectivity index (χ1n) is 7.19. The number of hydrogen-bond donors (Lipinski definition) is 2. The number of rotatable bonds is 6. The zero-order valence-electron chi connectivity index (χ0n) is 12.7. The normalized spacial score (nSPS) is 12.4. The predicted octanol–water partition coefficient (Wildman–Crippen LogP) is 3.77. The van der Waals surface area contributed by atoms with Crippen molar-refractivity contribution in [3.8, 4) is 0 Å². The van der Waals surface area contributed by atoms with Crippen LogP contribution in [-0.2, 0) is 6.54 Å². The maximum Gasteiger partial charge on any atom is 0.271 e. The van der Waals surface area contributed by atoms with Gasteiger partial charge in [-0.3, -0.25) is 4.79 Å². The van der Waals surface area contributed by atoms with Gasteiger partial charge in [-0.25, -0.2) is 4.98 Å². The van der Waals surface area contributed by atoms with Gasteiger partial charge in [-0.15, -0.1) is 11.3 Å². The van der Waals surface area contributed by atoms with Crippen LogP contribution in [0.1, 0.15) is 47.4 Å². The van der Waals surface area contributed by atoms with E-state index in [2.05, 4.69) is 24.1 Å². The van der Waals surface area contributed by atoms with Gasteiger partial charge in [0.05, 0.1) is 6.04 Å². The van der Waals surface area contributed by atoms with Gasteiger partial charge in [0.25, 0.3) is 5.91 Å². The molecule has 1 aromatic carbocycles. The van der Waals surface area contributed by atoms with Crippen LogP contribution in [0, 0.1) is 5.92 Å². The Morgan fingerprint density at radius 3 is 2.68 bits per heavy atom. The SMILES string of the molecule is CC(C)CC(N)c1nc(C(=O)NCc2ccc(Cl)cc2)cs1. The zero-order valence-corrected chi connectivity index (χ0v) is 14.2. The quantitative estimate of drug-likeness (QED) is 0.843. The molecule has 4 nitrogen and oxygen atoms in total. The van der Waals surface area contributed by atoms with Gasteiger partial charge < -0.3 is 11.1 Å². The molecule has 1 aromatic heterocycles. The van der Waals surface area contributed by atoms with Crippen LogP contribution in [0.4, 0.5) is 0 Å². The molecule has 6 heteroatoms. The Hall–Kier alpha value is -1.43. The van der Waals surface area contributed by atoms with Crippen LogP contribution in [-0.4, -0.2) is 10.9 Å². The Bertz CT molecular complexity index is 625. The van der Waals surface area contributed by atoms with Crippen LogP contribution >= 0.6 is 22.9 Å². The zero-order chi connectivity index (χ0) is 16.1. The highest BCUT2D eigenvalue weighted by molar-refractivity contribution is 7.09. The first kappa shape index (κ1) is 16.9. The first-order valence-corrected chi connectivity index (χ1v) is 8.45. The number of amides is 1. The Morgan fingerprint density at radius 2 is 2.05 bits per heavy atom. The summed E-state index contributed by atoms with van der Waals surface area (Å²) in [6.07, 6.45) is 0.860. The van der Waals surface area contributed by atoms with Crippen molar-refractivity contribution in [3.05, 3.63) is 50.9 Å². The summed E-state index contributed by atoms with van der Waals surface area (Å²) in [5, 5.41) is 6.10. The largest absolute Gasteiger partial charge is 0.347 e. The molecule has 0 saturated heterocycles. The van der Waals surface area contributed by atoms with Crippen LogP contribution in [0.25, 0.3) is 0 Å². The second-order valence-corrected chi connectivity index (χ2v) is 6.94. The van der Waals surface area contributed by atoms with Crippen molar-refractivity contribution in [2.75, 3.05) is 0 Å². The smallest absolute Gasteiger partial charge is 0.271 e. The molecule has 2 aromatic rings. The highest BCUT2D eigenvalue weighted by Gasteiger charge is 2.16. The summed E-state index contributed by atoms with van der Waals surface area (Å²) in [5.41, 5.74) is 7.51. The number of carbonyl (C=O) groups is 1. The molecule has 1 heterocycles. The van der Waals surface area contributed by atoms with E-state index in [1.807, 2.05) is 12.1 Å².